The fourth-order valence-corrected chi connectivity index (χ4v) is 3.23. The minimum Gasteiger partial charge on any atom is -0.497 e. The topological polar surface area (TPSA) is 64.9 Å². The van der Waals surface area contributed by atoms with Crippen LogP contribution in [0.1, 0.15) is 29.2 Å². The van der Waals surface area contributed by atoms with Gasteiger partial charge in [0, 0.05) is 38.4 Å². The van der Waals surface area contributed by atoms with Crippen LogP contribution in [-0.2, 0) is 9.53 Å². The Labute approximate surface area is 159 Å². The summed E-state index contributed by atoms with van der Waals surface area (Å²) in [5.41, 5.74) is 3.99. The Morgan fingerprint density at radius 3 is 2.89 bits per heavy atom. The maximum Gasteiger partial charge on any atom is 0.221 e. The summed E-state index contributed by atoms with van der Waals surface area (Å²) in [4.78, 5) is 17.1. The van der Waals surface area contributed by atoms with Crippen molar-refractivity contribution in [3.05, 3.63) is 65.6 Å². The van der Waals surface area contributed by atoms with Gasteiger partial charge in [0.2, 0.25) is 5.91 Å². The number of nitrogens with zero attached hydrogens (tertiary/aromatic N) is 2. The Hall–Kier alpha value is -2.86. The molecule has 0 saturated heterocycles. The van der Waals surface area contributed by atoms with E-state index in [1.165, 1.54) is 0 Å². The molecule has 1 N–H and O–H groups in total. The Balaban J connectivity index is 1.98. The Morgan fingerprint density at radius 2 is 2.11 bits per heavy atom. The summed E-state index contributed by atoms with van der Waals surface area (Å²) in [6.07, 6.45) is 4.16. The third-order valence-electron chi connectivity index (χ3n) is 4.63. The van der Waals surface area contributed by atoms with Crippen LogP contribution in [0.2, 0.25) is 0 Å². The summed E-state index contributed by atoms with van der Waals surface area (Å²) in [5, 5.41) is 2.91. The van der Waals surface area contributed by atoms with Crippen LogP contribution in [0.15, 0.2) is 48.8 Å². The molecular weight excluding hydrogens is 342 g/mol. The van der Waals surface area contributed by atoms with Crippen LogP contribution in [-0.4, -0.2) is 42.7 Å². The number of carbonyl (C=O) groups excluding carboxylic acids is 1. The SMILES string of the molecule is COCCNC(=O)CC(c1cccc(OC)c1)c1cnc2c(C)cccn12. The molecule has 1 aromatic carbocycles. The minimum atomic E-state index is -0.139. The maximum atomic E-state index is 12.5. The number of benzene rings is 1. The average Bonchev–Trinajstić information content (AvgIpc) is 3.11. The van der Waals surface area contributed by atoms with Crippen molar-refractivity contribution in [3.8, 4) is 5.75 Å². The van der Waals surface area contributed by atoms with Gasteiger partial charge in [0.05, 0.1) is 19.4 Å². The van der Waals surface area contributed by atoms with Crippen molar-refractivity contribution < 1.29 is 14.3 Å². The van der Waals surface area contributed by atoms with Gasteiger partial charge in [-0.25, -0.2) is 4.98 Å². The fraction of sp³-hybridized carbons (Fsp3) is 0.333. The lowest BCUT2D eigenvalue weighted by Gasteiger charge is -2.18. The van der Waals surface area contributed by atoms with Crippen LogP contribution >= 0.6 is 0 Å². The number of carbonyl (C=O) groups is 1. The number of imidazole rings is 1. The highest BCUT2D eigenvalue weighted by atomic mass is 16.5. The van der Waals surface area contributed by atoms with Crippen molar-refractivity contribution in [2.75, 3.05) is 27.4 Å². The molecular formula is C21H25N3O3. The monoisotopic (exact) mass is 367 g/mol. The average molecular weight is 367 g/mol. The molecule has 0 aliphatic heterocycles. The van der Waals surface area contributed by atoms with Crippen molar-refractivity contribution in [1.82, 2.24) is 14.7 Å². The molecule has 6 heteroatoms. The minimum absolute atomic E-state index is 0.0255. The molecule has 0 aliphatic carbocycles. The first kappa shape index (κ1) is 18.9. The zero-order valence-electron chi connectivity index (χ0n) is 15.9. The van der Waals surface area contributed by atoms with Gasteiger partial charge < -0.3 is 19.2 Å². The predicted molar refractivity (Wildman–Crippen MR) is 104 cm³/mol. The van der Waals surface area contributed by atoms with Gasteiger partial charge in [-0.15, -0.1) is 0 Å². The Bertz CT molecular complexity index is 920. The van der Waals surface area contributed by atoms with Crippen molar-refractivity contribution in [3.63, 3.8) is 0 Å². The van der Waals surface area contributed by atoms with E-state index in [9.17, 15) is 4.79 Å². The smallest absolute Gasteiger partial charge is 0.221 e. The zero-order chi connectivity index (χ0) is 19.2. The number of fused-ring (bicyclic) bond motifs is 1. The number of ether oxygens (including phenoxy) is 2. The van der Waals surface area contributed by atoms with E-state index < -0.39 is 0 Å². The van der Waals surface area contributed by atoms with Gasteiger partial charge in [0.25, 0.3) is 0 Å². The first-order chi connectivity index (χ1) is 13.1. The van der Waals surface area contributed by atoms with Crippen LogP contribution in [0.4, 0.5) is 0 Å². The molecule has 2 heterocycles. The number of rotatable bonds is 8. The van der Waals surface area contributed by atoms with Crippen molar-refractivity contribution in [2.45, 2.75) is 19.3 Å². The Kier molecular flexibility index (Phi) is 6.08. The zero-order valence-corrected chi connectivity index (χ0v) is 15.9. The second kappa shape index (κ2) is 8.68. The summed E-state index contributed by atoms with van der Waals surface area (Å²) < 4.78 is 12.4. The predicted octanol–water partition coefficient (Wildman–Crippen LogP) is 2.94. The van der Waals surface area contributed by atoms with Crippen LogP contribution in [0.5, 0.6) is 5.75 Å². The molecule has 0 spiro atoms. The van der Waals surface area contributed by atoms with E-state index in [4.69, 9.17) is 9.47 Å². The number of hydrogen-bond donors (Lipinski definition) is 1. The maximum absolute atomic E-state index is 12.5. The Morgan fingerprint density at radius 1 is 1.26 bits per heavy atom. The van der Waals surface area contributed by atoms with Gasteiger partial charge in [0.15, 0.2) is 0 Å². The van der Waals surface area contributed by atoms with Crippen molar-refractivity contribution >= 4 is 11.6 Å². The highest BCUT2D eigenvalue weighted by Gasteiger charge is 2.22. The molecule has 3 rings (SSSR count). The standard InChI is InChI=1S/C21H25N3O3/c1-15-6-5-10-24-19(14-23-21(15)24)18(13-20(25)22-9-11-26-2)16-7-4-8-17(12-16)27-3/h4-8,10,12,14,18H,9,11,13H2,1-3H3,(H,22,25). The van der Waals surface area contributed by atoms with Crippen LogP contribution < -0.4 is 10.1 Å². The second-order valence-corrected chi connectivity index (χ2v) is 6.44. The fourth-order valence-electron chi connectivity index (χ4n) is 3.23. The largest absolute Gasteiger partial charge is 0.497 e. The molecule has 0 saturated carbocycles. The lowest BCUT2D eigenvalue weighted by molar-refractivity contribution is -0.121. The van der Waals surface area contributed by atoms with E-state index >= 15 is 0 Å². The van der Waals surface area contributed by atoms with Gasteiger partial charge in [-0.2, -0.15) is 0 Å². The molecule has 1 amide bonds. The first-order valence-electron chi connectivity index (χ1n) is 8.96. The number of aromatic nitrogens is 2. The quantitative estimate of drug-likeness (QED) is 0.622. The number of aryl methyl sites for hydroxylation is 1. The number of pyridine rings is 1. The van der Waals surface area contributed by atoms with Gasteiger partial charge in [-0.3, -0.25) is 4.79 Å². The van der Waals surface area contributed by atoms with E-state index in [2.05, 4.69) is 14.7 Å². The van der Waals surface area contributed by atoms with E-state index in [0.717, 1.165) is 28.2 Å². The highest BCUT2D eigenvalue weighted by Crippen LogP contribution is 2.31. The highest BCUT2D eigenvalue weighted by molar-refractivity contribution is 5.77. The summed E-state index contributed by atoms with van der Waals surface area (Å²) in [6.45, 7) is 3.01. The molecule has 1 atom stereocenters. The molecule has 0 fully saturated rings. The lowest BCUT2D eigenvalue weighted by atomic mass is 9.92. The molecule has 0 bridgehead atoms. The van der Waals surface area contributed by atoms with E-state index in [1.807, 2.05) is 55.7 Å². The molecule has 0 aliphatic rings. The van der Waals surface area contributed by atoms with E-state index in [0.29, 0.717) is 19.6 Å². The second-order valence-electron chi connectivity index (χ2n) is 6.44. The number of hydrogen-bond acceptors (Lipinski definition) is 4. The van der Waals surface area contributed by atoms with Crippen molar-refractivity contribution in [1.29, 1.82) is 0 Å². The van der Waals surface area contributed by atoms with E-state index in [1.54, 1.807) is 14.2 Å². The molecule has 27 heavy (non-hydrogen) atoms. The molecule has 3 aromatic rings. The van der Waals surface area contributed by atoms with Gasteiger partial charge >= 0.3 is 0 Å². The summed E-state index contributed by atoms with van der Waals surface area (Å²) in [5.74, 6) is 0.601. The van der Waals surface area contributed by atoms with Crippen LogP contribution in [0.25, 0.3) is 5.65 Å². The van der Waals surface area contributed by atoms with Crippen LogP contribution in [0, 0.1) is 6.92 Å². The number of amides is 1. The van der Waals surface area contributed by atoms with Gasteiger partial charge in [-0.05, 0) is 36.2 Å². The third-order valence-corrected chi connectivity index (χ3v) is 4.63. The van der Waals surface area contributed by atoms with Gasteiger partial charge in [0.1, 0.15) is 11.4 Å². The summed E-state index contributed by atoms with van der Waals surface area (Å²) in [6, 6.07) is 11.9. The first-order valence-corrected chi connectivity index (χ1v) is 8.96. The summed E-state index contributed by atoms with van der Waals surface area (Å²) >= 11 is 0. The summed E-state index contributed by atoms with van der Waals surface area (Å²) in [7, 11) is 3.26. The molecule has 1 unspecified atom stereocenters. The molecule has 6 nitrogen and oxygen atoms in total. The number of methoxy groups -OCH3 is 2. The van der Waals surface area contributed by atoms with Crippen molar-refractivity contribution in [2.24, 2.45) is 0 Å². The third kappa shape index (κ3) is 4.28. The molecule has 2 aromatic heterocycles. The normalized spacial score (nSPS) is 12.1. The van der Waals surface area contributed by atoms with Crippen LogP contribution in [0.3, 0.4) is 0 Å². The lowest BCUT2D eigenvalue weighted by Crippen LogP contribution is -2.28. The van der Waals surface area contributed by atoms with E-state index in [-0.39, 0.29) is 11.8 Å². The van der Waals surface area contributed by atoms with Gasteiger partial charge in [-0.1, -0.05) is 18.2 Å². The number of nitrogens with one attached hydrogen (secondary N) is 1. The molecule has 0 radical (unpaired) electrons. The molecule has 142 valence electrons.